The quantitative estimate of drug-likeness (QED) is 0.839. The SMILES string of the molecule is Nc1ccccc1CCCN1CCN2CCCC2C1. The number of benzene rings is 1. The number of fused-ring (bicyclic) bond motifs is 1. The Kier molecular flexibility index (Phi) is 4.04. The number of aryl methyl sites for hydroxylation is 1. The van der Waals surface area contributed by atoms with Crippen molar-refractivity contribution in [2.24, 2.45) is 0 Å². The minimum Gasteiger partial charge on any atom is -0.399 e. The molecular weight excluding hydrogens is 234 g/mol. The Balaban J connectivity index is 1.44. The summed E-state index contributed by atoms with van der Waals surface area (Å²) in [7, 11) is 0. The first kappa shape index (κ1) is 12.9. The Labute approximate surface area is 116 Å². The lowest BCUT2D eigenvalue weighted by Gasteiger charge is -2.37. The number of hydrogen-bond donors (Lipinski definition) is 1. The van der Waals surface area contributed by atoms with Gasteiger partial charge in [0.15, 0.2) is 0 Å². The average Bonchev–Trinajstić information content (AvgIpc) is 2.88. The van der Waals surface area contributed by atoms with E-state index in [4.69, 9.17) is 5.73 Å². The molecule has 0 aliphatic carbocycles. The second kappa shape index (κ2) is 5.93. The molecule has 2 N–H and O–H groups in total. The standard InChI is InChI=1S/C16H25N3/c17-16-8-2-1-5-14(16)6-3-9-18-11-12-19-10-4-7-15(19)13-18/h1-2,5,8,15H,3-4,6-7,9-13,17H2. The van der Waals surface area contributed by atoms with Crippen molar-refractivity contribution in [1.29, 1.82) is 0 Å². The molecule has 0 saturated carbocycles. The van der Waals surface area contributed by atoms with Crippen LogP contribution >= 0.6 is 0 Å². The molecule has 2 fully saturated rings. The van der Waals surface area contributed by atoms with E-state index in [-0.39, 0.29) is 0 Å². The van der Waals surface area contributed by atoms with Crippen molar-refractivity contribution in [2.75, 3.05) is 38.5 Å². The molecule has 104 valence electrons. The van der Waals surface area contributed by atoms with E-state index < -0.39 is 0 Å². The van der Waals surface area contributed by atoms with Crippen LogP contribution in [-0.4, -0.2) is 48.6 Å². The zero-order valence-electron chi connectivity index (χ0n) is 11.7. The molecule has 19 heavy (non-hydrogen) atoms. The van der Waals surface area contributed by atoms with Crippen LogP contribution in [0, 0.1) is 0 Å². The van der Waals surface area contributed by atoms with Crippen LogP contribution in [0.25, 0.3) is 0 Å². The van der Waals surface area contributed by atoms with Gasteiger partial charge in [0.2, 0.25) is 0 Å². The molecule has 1 aromatic carbocycles. The van der Waals surface area contributed by atoms with Crippen molar-refractivity contribution < 1.29 is 0 Å². The third-order valence-electron chi connectivity index (χ3n) is 4.65. The van der Waals surface area contributed by atoms with Gasteiger partial charge in [-0.3, -0.25) is 4.90 Å². The molecule has 2 heterocycles. The molecule has 3 nitrogen and oxygen atoms in total. The molecule has 0 radical (unpaired) electrons. The summed E-state index contributed by atoms with van der Waals surface area (Å²) in [6.07, 6.45) is 5.14. The van der Waals surface area contributed by atoms with E-state index in [1.807, 2.05) is 12.1 Å². The number of piperazine rings is 1. The Morgan fingerprint density at radius 3 is 2.95 bits per heavy atom. The third-order valence-corrected chi connectivity index (χ3v) is 4.65. The lowest BCUT2D eigenvalue weighted by molar-refractivity contribution is 0.104. The van der Waals surface area contributed by atoms with Crippen molar-refractivity contribution in [3.63, 3.8) is 0 Å². The predicted octanol–water partition coefficient (Wildman–Crippen LogP) is 1.98. The minimum atomic E-state index is 0.843. The van der Waals surface area contributed by atoms with E-state index in [1.54, 1.807) is 0 Å². The lowest BCUT2D eigenvalue weighted by Crippen LogP contribution is -2.50. The maximum atomic E-state index is 5.99. The Morgan fingerprint density at radius 2 is 2.05 bits per heavy atom. The van der Waals surface area contributed by atoms with E-state index in [0.29, 0.717) is 0 Å². The zero-order chi connectivity index (χ0) is 13.1. The van der Waals surface area contributed by atoms with Gasteiger partial charge in [-0.1, -0.05) is 18.2 Å². The van der Waals surface area contributed by atoms with Gasteiger partial charge in [-0.15, -0.1) is 0 Å². The number of nitrogens with two attached hydrogens (primary N) is 1. The number of hydrogen-bond acceptors (Lipinski definition) is 3. The van der Waals surface area contributed by atoms with Gasteiger partial charge in [0.05, 0.1) is 0 Å². The number of nitrogen functional groups attached to an aromatic ring is 1. The Bertz CT molecular complexity index is 418. The zero-order valence-corrected chi connectivity index (χ0v) is 11.7. The van der Waals surface area contributed by atoms with Crippen molar-refractivity contribution >= 4 is 5.69 Å². The highest BCUT2D eigenvalue weighted by Gasteiger charge is 2.29. The van der Waals surface area contributed by atoms with Crippen molar-refractivity contribution in [1.82, 2.24) is 9.80 Å². The highest BCUT2D eigenvalue weighted by Crippen LogP contribution is 2.21. The molecule has 2 aliphatic heterocycles. The molecule has 0 amide bonds. The second-order valence-electron chi connectivity index (χ2n) is 5.93. The summed E-state index contributed by atoms with van der Waals surface area (Å²) in [6, 6.07) is 9.11. The topological polar surface area (TPSA) is 32.5 Å². The van der Waals surface area contributed by atoms with Gasteiger partial charge in [0.1, 0.15) is 0 Å². The van der Waals surface area contributed by atoms with Crippen molar-refractivity contribution in [3.8, 4) is 0 Å². The summed E-state index contributed by atoms with van der Waals surface area (Å²) >= 11 is 0. The van der Waals surface area contributed by atoms with Crippen LogP contribution in [0.1, 0.15) is 24.8 Å². The van der Waals surface area contributed by atoms with Crippen LogP contribution in [-0.2, 0) is 6.42 Å². The summed E-state index contributed by atoms with van der Waals surface area (Å²) in [5.74, 6) is 0. The van der Waals surface area contributed by atoms with Crippen molar-refractivity contribution in [3.05, 3.63) is 29.8 Å². The molecule has 1 atom stereocenters. The van der Waals surface area contributed by atoms with E-state index >= 15 is 0 Å². The number of rotatable bonds is 4. The van der Waals surface area contributed by atoms with Gasteiger partial charge in [-0.05, 0) is 50.4 Å². The second-order valence-corrected chi connectivity index (χ2v) is 5.93. The fourth-order valence-electron chi connectivity index (χ4n) is 3.51. The third kappa shape index (κ3) is 3.10. The van der Waals surface area contributed by atoms with Crippen LogP contribution in [0.5, 0.6) is 0 Å². The van der Waals surface area contributed by atoms with Crippen LogP contribution in [0.15, 0.2) is 24.3 Å². The number of nitrogens with zero attached hydrogens (tertiary/aromatic N) is 2. The van der Waals surface area contributed by atoms with Crippen LogP contribution in [0.2, 0.25) is 0 Å². The van der Waals surface area contributed by atoms with E-state index in [2.05, 4.69) is 21.9 Å². The summed E-state index contributed by atoms with van der Waals surface area (Å²) in [4.78, 5) is 5.32. The molecule has 3 rings (SSSR count). The first-order valence-electron chi connectivity index (χ1n) is 7.63. The molecular formula is C16H25N3. The number of anilines is 1. The van der Waals surface area contributed by atoms with Crippen LogP contribution in [0.4, 0.5) is 5.69 Å². The summed E-state index contributed by atoms with van der Waals surface area (Å²) < 4.78 is 0. The van der Waals surface area contributed by atoms with Crippen molar-refractivity contribution in [2.45, 2.75) is 31.7 Å². The minimum absolute atomic E-state index is 0.843. The van der Waals surface area contributed by atoms with E-state index in [0.717, 1.165) is 18.2 Å². The maximum absolute atomic E-state index is 5.99. The molecule has 1 aromatic rings. The van der Waals surface area contributed by atoms with Gasteiger partial charge in [0.25, 0.3) is 0 Å². The molecule has 3 heteroatoms. The fraction of sp³-hybridized carbons (Fsp3) is 0.625. The molecule has 0 aromatic heterocycles. The van der Waals surface area contributed by atoms with Crippen LogP contribution < -0.4 is 5.73 Å². The fourth-order valence-corrected chi connectivity index (χ4v) is 3.51. The molecule has 2 aliphatic rings. The molecule has 0 bridgehead atoms. The monoisotopic (exact) mass is 259 g/mol. The smallest absolute Gasteiger partial charge is 0.0346 e. The molecule has 1 unspecified atom stereocenters. The van der Waals surface area contributed by atoms with Crippen LogP contribution in [0.3, 0.4) is 0 Å². The summed E-state index contributed by atoms with van der Waals surface area (Å²) in [5.41, 5.74) is 8.24. The van der Waals surface area contributed by atoms with Gasteiger partial charge in [0, 0.05) is 31.4 Å². The number of para-hydroxylation sites is 1. The normalized spacial score (nSPS) is 24.5. The summed E-state index contributed by atoms with van der Waals surface area (Å²) in [5, 5.41) is 0. The lowest BCUT2D eigenvalue weighted by atomic mass is 10.1. The molecule has 0 spiro atoms. The average molecular weight is 259 g/mol. The van der Waals surface area contributed by atoms with Gasteiger partial charge in [-0.2, -0.15) is 0 Å². The summed E-state index contributed by atoms with van der Waals surface area (Å²) in [6.45, 7) is 6.36. The maximum Gasteiger partial charge on any atom is 0.0346 e. The van der Waals surface area contributed by atoms with Gasteiger partial charge >= 0.3 is 0 Å². The first-order chi connectivity index (χ1) is 9.33. The first-order valence-corrected chi connectivity index (χ1v) is 7.63. The Morgan fingerprint density at radius 1 is 1.16 bits per heavy atom. The van der Waals surface area contributed by atoms with E-state index in [1.165, 1.54) is 57.5 Å². The largest absolute Gasteiger partial charge is 0.399 e. The highest BCUT2D eigenvalue weighted by atomic mass is 15.3. The Hall–Kier alpha value is -1.06. The predicted molar refractivity (Wildman–Crippen MR) is 80.2 cm³/mol. The van der Waals surface area contributed by atoms with Gasteiger partial charge < -0.3 is 10.6 Å². The highest BCUT2D eigenvalue weighted by molar-refractivity contribution is 5.46. The molecule has 2 saturated heterocycles. The van der Waals surface area contributed by atoms with E-state index in [9.17, 15) is 0 Å². The van der Waals surface area contributed by atoms with Gasteiger partial charge in [-0.25, -0.2) is 0 Å².